The predicted molar refractivity (Wildman–Crippen MR) is 165 cm³/mol. The number of benzene rings is 1. The van der Waals surface area contributed by atoms with Crippen LogP contribution in [0.2, 0.25) is 0 Å². The number of aliphatic hydroxyl groups is 1. The number of aromatic nitrogens is 2. The van der Waals surface area contributed by atoms with E-state index in [-0.39, 0.29) is 23.4 Å². The number of ether oxygens (including phenoxy) is 2. The SMILES string of the molecule is COCCc1ccccc1C(=O)N1C[C@H](c2nc(C(C)(C)O)c(C)o2)CC[C@H]1C.COCCc1ncccc1C(=O)O.[2H]CF. The van der Waals surface area contributed by atoms with Gasteiger partial charge in [0.2, 0.25) is 0 Å². The van der Waals surface area contributed by atoms with Gasteiger partial charge in [-0.15, -0.1) is 0 Å². The van der Waals surface area contributed by atoms with E-state index in [0.717, 1.165) is 24.0 Å². The predicted octanol–water partition coefficient (Wildman–Crippen LogP) is 5.36. The number of carboxylic acids is 1. The minimum Gasteiger partial charge on any atom is -0.478 e. The molecule has 1 aliphatic rings. The smallest absolute Gasteiger partial charge is 0.337 e. The van der Waals surface area contributed by atoms with Gasteiger partial charge in [-0.1, -0.05) is 18.2 Å². The molecule has 0 unspecified atom stereocenters. The van der Waals surface area contributed by atoms with Crippen molar-refractivity contribution in [2.45, 2.75) is 70.9 Å². The van der Waals surface area contributed by atoms with Crippen LogP contribution in [-0.2, 0) is 27.9 Å². The molecule has 2 atom stereocenters. The number of alkyl halides is 1. The minimum atomic E-state index is -1.05. The highest BCUT2D eigenvalue weighted by molar-refractivity contribution is 5.96. The summed E-state index contributed by atoms with van der Waals surface area (Å²) in [6.07, 6.45) is 4.60. The lowest BCUT2D eigenvalue weighted by atomic mass is 9.92. The van der Waals surface area contributed by atoms with Crippen LogP contribution in [0.5, 0.6) is 0 Å². The first-order chi connectivity index (χ1) is 21.4. The number of methoxy groups -OCH3 is 2. The standard InChI is InChI=1S/C23H32N2O4.C9H11NO3.CH3F/c1-15-10-11-18(21-24-20(16(2)29-21)23(3,4)27)14-25(15)22(26)19-9-7-6-8-17(19)12-13-28-5;1-13-6-4-8-7(9(11)12)3-2-5-10-8;1-2/h6-9,15,18,27H,10-14H2,1-5H3;2-3,5H,4,6H2,1H3,(H,11,12);1H3/t15-,18-;;/m1../s1/i;;1D. The first kappa shape index (κ1) is 34.8. The number of carbonyl (C=O) groups is 2. The number of piperidine rings is 1. The summed E-state index contributed by atoms with van der Waals surface area (Å²) < 4.78 is 31.4. The van der Waals surface area contributed by atoms with Crippen molar-refractivity contribution in [2.75, 3.05) is 41.1 Å². The van der Waals surface area contributed by atoms with E-state index in [1.807, 2.05) is 36.1 Å². The number of oxazole rings is 1. The molecule has 4 rings (SSSR count). The van der Waals surface area contributed by atoms with Gasteiger partial charge >= 0.3 is 5.97 Å². The second-order valence-electron chi connectivity index (χ2n) is 11.0. The molecule has 1 aliphatic heterocycles. The van der Waals surface area contributed by atoms with Gasteiger partial charge in [0, 0.05) is 45.0 Å². The van der Waals surface area contributed by atoms with E-state index < -0.39 is 18.7 Å². The molecular formula is C33H46FN3O7. The Morgan fingerprint density at radius 1 is 1.11 bits per heavy atom. The van der Waals surface area contributed by atoms with Gasteiger partial charge in [-0.25, -0.2) is 9.78 Å². The number of aryl methyl sites for hydroxylation is 1. The van der Waals surface area contributed by atoms with E-state index >= 15 is 0 Å². The van der Waals surface area contributed by atoms with Gasteiger partial charge < -0.3 is 29.0 Å². The molecular weight excluding hydrogens is 569 g/mol. The molecule has 2 aromatic heterocycles. The molecule has 1 saturated heterocycles. The van der Waals surface area contributed by atoms with Gasteiger partial charge in [-0.3, -0.25) is 14.2 Å². The molecule has 10 nitrogen and oxygen atoms in total. The molecule has 11 heteroatoms. The van der Waals surface area contributed by atoms with Crippen LogP contribution in [0.1, 0.15) is 90.2 Å². The molecule has 0 aliphatic carbocycles. The maximum Gasteiger partial charge on any atom is 0.337 e. The van der Waals surface area contributed by atoms with Crippen molar-refractivity contribution in [1.29, 1.82) is 0 Å². The number of rotatable bonds is 10. The van der Waals surface area contributed by atoms with Crippen LogP contribution in [0.25, 0.3) is 0 Å². The van der Waals surface area contributed by atoms with E-state index in [1.54, 1.807) is 46.4 Å². The summed E-state index contributed by atoms with van der Waals surface area (Å²) in [6, 6.07) is 11.1. The number of pyridine rings is 1. The number of aromatic carboxylic acids is 1. The maximum absolute atomic E-state index is 13.4. The molecule has 0 bridgehead atoms. The number of hydrogen-bond donors (Lipinski definition) is 2. The van der Waals surface area contributed by atoms with Crippen LogP contribution in [0.3, 0.4) is 0 Å². The average molecular weight is 617 g/mol. The fraction of sp³-hybridized carbons (Fsp3) is 0.515. The third kappa shape index (κ3) is 9.93. The van der Waals surface area contributed by atoms with Crippen LogP contribution in [0.15, 0.2) is 47.0 Å². The molecule has 0 saturated carbocycles. The molecule has 3 aromatic rings. The molecule has 0 spiro atoms. The average Bonchev–Trinajstić information content (AvgIpc) is 3.42. The number of carbonyl (C=O) groups excluding carboxylic acids is 1. The zero-order valence-electron chi connectivity index (χ0n) is 27.5. The van der Waals surface area contributed by atoms with E-state index in [4.69, 9.17) is 20.4 Å². The Bertz CT molecular complexity index is 1360. The number of nitrogens with zero attached hydrogens (tertiary/aromatic N) is 3. The summed E-state index contributed by atoms with van der Waals surface area (Å²) in [4.78, 5) is 34.6. The second-order valence-corrected chi connectivity index (χ2v) is 11.0. The van der Waals surface area contributed by atoms with Gasteiger partial charge in [-0.05, 0) is 70.7 Å². The van der Waals surface area contributed by atoms with E-state index in [2.05, 4.69) is 16.9 Å². The van der Waals surface area contributed by atoms with Gasteiger partial charge in [0.05, 0.1) is 38.9 Å². The Labute approximate surface area is 260 Å². The number of hydrogen-bond acceptors (Lipinski definition) is 8. The number of likely N-dealkylation sites (tertiary alicyclic amines) is 1. The maximum atomic E-state index is 13.4. The molecule has 242 valence electrons. The first-order valence-electron chi connectivity index (χ1n) is 15.2. The number of amides is 1. The van der Waals surface area contributed by atoms with E-state index in [9.17, 15) is 19.1 Å². The van der Waals surface area contributed by atoms with Crippen LogP contribution in [0.4, 0.5) is 4.39 Å². The van der Waals surface area contributed by atoms with Crippen LogP contribution >= 0.6 is 0 Å². The zero-order valence-corrected chi connectivity index (χ0v) is 26.5. The molecule has 44 heavy (non-hydrogen) atoms. The molecule has 0 radical (unpaired) electrons. The normalized spacial score (nSPS) is 16.6. The lowest BCUT2D eigenvalue weighted by molar-refractivity contribution is 0.0592. The molecule has 1 amide bonds. The minimum absolute atomic E-state index is 0.0242. The lowest BCUT2D eigenvalue weighted by Gasteiger charge is -2.37. The highest BCUT2D eigenvalue weighted by Crippen LogP contribution is 2.34. The summed E-state index contributed by atoms with van der Waals surface area (Å²) in [6.45, 7) is 8.95. The topological polar surface area (TPSA) is 135 Å². The third-order valence-electron chi connectivity index (χ3n) is 7.37. The fourth-order valence-corrected chi connectivity index (χ4v) is 5.10. The Kier molecular flexibility index (Phi) is 13.9. The Hall–Kier alpha value is -3.67. The molecule has 3 heterocycles. The van der Waals surface area contributed by atoms with Crippen LogP contribution in [0, 0.1) is 6.92 Å². The van der Waals surface area contributed by atoms with Gasteiger partial charge in [0.15, 0.2) is 5.89 Å². The number of halogens is 1. The van der Waals surface area contributed by atoms with Crippen molar-refractivity contribution in [2.24, 2.45) is 0 Å². The first-order valence-corrected chi connectivity index (χ1v) is 14.5. The van der Waals surface area contributed by atoms with Gasteiger partial charge in [0.25, 0.3) is 5.91 Å². The molecule has 2 N–H and O–H groups in total. The van der Waals surface area contributed by atoms with E-state index in [0.29, 0.717) is 55.6 Å². The van der Waals surface area contributed by atoms with Crippen molar-refractivity contribution in [3.8, 4) is 0 Å². The highest BCUT2D eigenvalue weighted by Gasteiger charge is 2.35. The fourth-order valence-electron chi connectivity index (χ4n) is 5.10. The summed E-state index contributed by atoms with van der Waals surface area (Å²) in [5.41, 5.74) is 2.07. The van der Waals surface area contributed by atoms with Crippen LogP contribution in [-0.4, -0.2) is 84.1 Å². The summed E-state index contributed by atoms with van der Waals surface area (Å²) >= 11 is 0. The molecule has 1 fully saturated rings. The third-order valence-corrected chi connectivity index (χ3v) is 7.37. The van der Waals surface area contributed by atoms with E-state index in [1.165, 1.54) is 0 Å². The van der Waals surface area contributed by atoms with Crippen molar-refractivity contribution in [1.82, 2.24) is 14.9 Å². The summed E-state index contributed by atoms with van der Waals surface area (Å²) in [7, 11) is 2.24. The van der Waals surface area contributed by atoms with Crippen molar-refractivity contribution < 1.29 is 39.5 Å². The lowest BCUT2D eigenvalue weighted by Crippen LogP contribution is -2.45. The second kappa shape index (κ2) is 17.6. The zero-order chi connectivity index (χ0) is 33.6. The largest absolute Gasteiger partial charge is 0.478 e. The quantitative estimate of drug-likeness (QED) is 0.309. The monoisotopic (exact) mass is 616 g/mol. The Balaban J connectivity index is 0.000000367. The van der Waals surface area contributed by atoms with Crippen molar-refractivity contribution in [3.05, 3.63) is 82.3 Å². The van der Waals surface area contributed by atoms with Crippen molar-refractivity contribution in [3.63, 3.8) is 0 Å². The van der Waals surface area contributed by atoms with Crippen molar-refractivity contribution >= 4 is 11.9 Å². The van der Waals surface area contributed by atoms with Gasteiger partial charge in [-0.2, -0.15) is 0 Å². The number of carboxylic acid groups (broad SMARTS) is 1. The summed E-state index contributed by atoms with van der Waals surface area (Å²) in [5, 5.41) is 19.1. The Morgan fingerprint density at radius 2 is 1.75 bits per heavy atom. The summed E-state index contributed by atoms with van der Waals surface area (Å²) in [5.74, 6) is 0.362. The van der Waals surface area contributed by atoms with Crippen LogP contribution < -0.4 is 0 Å². The molecule has 1 aromatic carbocycles. The highest BCUT2D eigenvalue weighted by atomic mass is 19.1. The van der Waals surface area contributed by atoms with Gasteiger partial charge in [0.1, 0.15) is 17.1 Å². The Morgan fingerprint density at radius 3 is 2.36 bits per heavy atom.